The minimum Gasteiger partial charge on any atom is -0.494 e. The van der Waals surface area contributed by atoms with Crippen LogP contribution in [0.25, 0.3) is 6.08 Å². The van der Waals surface area contributed by atoms with E-state index in [4.69, 9.17) is 17.0 Å². The summed E-state index contributed by atoms with van der Waals surface area (Å²) in [7, 11) is 0. The Labute approximate surface area is 122 Å². The summed E-state index contributed by atoms with van der Waals surface area (Å²) in [5, 5.41) is 4.81. The summed E-state index contributed by atoms with van der Waals surface area (Å²) in [4.78, 5) is 23.4. The lowest BCUT2D eigenvalue weighted by molar-refractivity contribution is -0.123. The number of thiocarbonyl (C=S) groups is 1. The van der Waals surface area contributed by atoms with Gasteiger partial charge in [-0.15, -0.1) is 0 Å². The summed E-state index contributed by atoms with van der Waals surface area (Å²) >= 11 is 4.73. The third-order valence-electron chi connectivity index (χ3n) is 2.59. The second-order valence-corrected chi connectivity index (χ2v) is 4.62. The Morgan fingerprint density at radius 1 is 1.25 bits per heavy atom. The van der Waals surface area contributed by atoms with Crippen LogP contribution in [0.5, 0.6) is 5.75 Å². The molecule has 2 N–H and O–H groups in total. The average Bonchev–Trinajstić information content (AvgIpc) is 2.41. The molecule has 0 aliphatic carbocycles. The smallest absolute Gasteiger partial charge is 0.263 e. The van der Waals surface area contributed by atoms with Crippen LogP contribution >= 0.6 is 12.2 Å². The largest absolute Gasteiger partial charge is 0.494 e. The van der Waals surface area contributed by atoms with Crippen molar-refractivity contribution in [3.63, 3.8) is 0 Å². The molecule has 1 heterocycles. The summed E-state index contributed by atoms with van der Waals surface area (Å²) in [6, 6.07) is 7.20. The monoisotopic (exact) mass is 290 g/mol. The standard InChI is InChI=1S/C14H14N2O3S/c1-2-6-19-10-5-3-4-9(7-10)8-11-12(17)15-14(20)16-13(11)18/h3-5,7-8H,2,6H2,1H3,(H2,15,16,17,18,20). The highest BCUT2D eigenvalue weighted by Gasteiger charge is 2.25. The van der Waals surface area contributed by atoms with Crippen LogP contribution < -0.4 is 15.4 Å². The highest BCUT2D eigenvalue weighted by Crippen LogP contribution is 2.17. The summed E-state index contributed by atoms with van der Waals surface area (Å²) in [5.74, 6) is -0.300. The molecule has 1 fully saturated rings. The van der Waals surface area contributed by atoms with Crippen molar-refractivity contribution < 1.29 is 14.3 Å². The topological polar surface area (TPSA) is 67.4 Å². The minimum atomic E-state index is -0.501. The Kier molecular flexibility index (Phi) is 4.47. The van der Waals surface area contributed by atoms with E-state index >= 15 is 0 Å². The Hall–Kier alpha value is -2.21. The van der Waals surface area contributed by atoms with Gasteiger partial charge < -0.3 is 4.74 Å². The molecule has 1 aliphatic rings. The average molecular weight is 290 g/mol. The number of carbonyl (C=O) groups is 2. The normalized spacial score (nSPS) is 14.7. The van der Waals surface area contributed by atoms with E-state index in [0.717, 1.165) is 6.42 Å². The molecule has 0 aromatic heterocycles. The van der Waals surface area contributed by atoms with Crippen molar-refractivity contribution in [1.29, 1.82) is 0 Å². The van der Waals surface area contributed by atoms with E-state index in [9.17, 15) is 9.59 Å². The van der Waals surface area contributed by atoms with E-state index < -0.39 is 11.8 Å². The van der Waals surface area contributed by atoms with Gasteiger partial charge in [0.05, 0.1) is 6.61 Å². The molecule has 104 valence electrons. The van der Waals surface area contributed by atoms with E-state index in [-0.39, 0.29) is 10.7 Å². The zero-order chi connectivity index (χ0) is 14.5. The summed E-state index contributed by atoms with van der Waals surface area (Å²) in [6.07, 6.45) is 2.42. The number of rotatable bonds is 4. The quantitative estimate of drug-likeness (QED) is 0.499. The van der Waals surface area contributed by atoms with E-state index in [1.165, 1.54) is 6.08 Å². The molecule has 5 nitrogen and oxygen atoms in total. The molecule has 0 spiro atoms. The molecule has 0 atom stereocenters. The number of ether oxygens (including phenoxy) is 1. The van der Waals surface area contributed by atoms with E-state index in [1.807, 2.05) is 13.0 Å². The van der Waals surface area contributed by atoms with Crippen molar-refractivity contribution in [1.82, 2.24) is 10.6 Å². The fourth-order valence-corrected chi connectivity index (χ4v) is 1.87. The first kappa shape index (κ1) is 14.2. The third-order valence-corrected chi connectivity index (χ3v) is 2.79. The van der Waals surface area contributed by atoms with Gasteiger partial charge in [0.1, 0.15) is 11.3 Å². The Balaban J connectivity index is 2.23. The lowest BCUT2D eigenvalue weighted by atomic mass is 10.1. The number of nitrogens with one attached hydrogen (secondary N) is 2. The number of hydrogen-bond donors (Lipinski definition) is 2. The Morgan fingerprint density at radius 2 is 1.95 bits per heavy atom. The second-order valence-electron chi connectivity index (χ2n) is 4.22. The lowest BCUT2D eigenvalue weighted by Crippen LogP contribution is -2.51. The van der Waals surface area contributed by atoms with Gasteiger partial charge in [0, 0.05) is 0 Å². The molecular formula is C14H14N2O3S. The molecular weight excluding hydrogens is 276 g/mol. The highest BCUT2D eigenvalue weighted by molar-refractivity contribution is 7.80. The van der Waals surface area contributed by atoms with Crippen LogP contribution in [-0.4, -0.2) is 23.5 Å². The van der Waals surface area contributed by atoms with Crippen LogP contribution in [-0.2, 0) is 9.59 Å². The number of hydrogen-bond acceptors (Lipinski definition) is 4. The molecule has 1 aromatic carbocycles. The van der Waals surface area contributed by atoms with Crippen molar-refractivity contribution >= 4 is 35.2 Å². The molecule has 0 radical (unpaired) electrons. The van der Waals surface area contributed by atoms with E-state index in [1.54, 1.807) is 18.2 Å². The van der Waals surface area contributed by atoms with Gasteiger partial charge in [0.15, 0.2) is 5.11 Å². The van der Waals surface area contributed by atoms with Gasteiger partial charge >= 0.3 is 0 Å². The zero-order valence-corrected chi connectivity index (χ0v) is 11.8. The summed E-state index contributed by atoms with van der Waals surface area (Å²) < 4.78 is 5.50. The van der Waals surface area contributed by atoms with Crippen LogP contribution in [0.1, 0.15) is 18.9 Å². The molecule has 1 aromatic rings. The van der Waals surface area contributed by atoms with Crippen molar-refractivity contribution in [2.75, 3.05) is 6.61 Å². The maximum Gasteiger partial charge on any atom is 0.263 e. The van der Waals surface area contributed by atoms with Crippen LogP contribution in [0.3, 0.4) is 0 Å². The molecule has 1 aliphatic heterocycles. The molecule has 1 saturated heterocycles. The minimum absolute atomic E-state index is 0.0197. The lowest BCUT2D eigenvalue weighted by Gasteiger charge is -2.16. The number of benzene rings is 1. The molecule has 2 rings (SSSR count). The van der Waals surface area contributed by atoms with Crippen molar-refractivity contribution in [3.05, 3.63) is 35.4 Å². The summed E-state index contributed by atoms with van der Waals surface area (Å²) in [6.45, 7) is 2.64. The molecule has 6 heteroatoms. The first-order valence-electron chi connectivity index (χ1n) is 6.21. The van der Waals surface area contributed by atoms with Gasteiger partial charge in [-0.3, -0.25) is 20.2 Å². The van der Waals surface area contributed by atoms with Crippen molar-refractivity contribution in [2.24, 2.45) is 0 Å². The van der Waals surface area contributed by atoms with E-state index in [0.29, 0.717) is 17.9 Å². The zero-order valence-electron chi connectivity index (χ0n) is 10.9. The number of amides is 2. The van der Waals surface area contributed by atoms with E-state index in [2.05, 4.69) is 10.6 Å². The van der Waals surface area contributed by atoms with Gasteiger partial charge in [0.2, 0.25) is 0 Å². The Morgan fingerprint density at radius 3 is 2.60 bits per heavy atom. The fourth-order valence-electron chi connectivity index (χ4n) is 1.69. The van der Waals surface area contributed by atoms with Gasteiger partial charge in [0.25, 0.3) is 11.8 Å². The predicted molar refractivity (Wildman–Crippen MR) is 79.1 cm³/mol. The Bertz CT molecular complexity index is 574. The van der Waals surface area contributed by atoms with Crippen molar-refractivity contribution in [2.45, 2.75) is 13.3 Å². The van der Waals surface area contributed by atoms with Crippen LogP contribution in [0.2, 0.25) is 0 Å². The van der Waals surface area contributed by atoms with Gasteiger partial charge in [-0.05, 0) is 42.4 Å². The summed E-state index contributed by atoms with van der Waals surface area (Å²) in [5.41, 5.74) is 0.734. The third kappa shape index (κ3) is 3.42. The molecule has 2 amide bonds. The number of carbonyl (C=O) groups excluding carboxylic acids is 2. The van der Waals surface area contributed by atoms with Gasteiger partial charge in [-0.25, -0.2) is 0 Å². The molecule has 0 unspecified atom stereocenters. The van der Waals surface area contributed by atoms with Gasteiger partial charge in [-0.1, -0.05) is 19.1 Å². The van der Waals surface area contributed by atoms with Crippen LogP contribution in [0.15, 0.2) is 29.8 Å². The van der Waals surface area contributed by atoms with Crippen LogP contribution in [0.4, 0.5) is 0 Å². The maximum atomic E-state index is 11.7. The molecule has 20 heavy (non-hydrogen) atoms. The van der Waals surface area contributed by atoms with Crippen molar-refractivity contribution in [3.8, 4) is 5.75 Å². The first-order valence-corrected chi connectivity index (χ1v) is 6.62. The SMILES string of the molecule is CCCOc1cccc(C=C2C(=O)NC(=S)NC2=O)c1. The molecule has 0 bridgehead atoms. The maximum absolute atomic E-state index is 11.7. The second kappa shape index (κ2) is 6.29. The first-order chi connectivity index (χ1) is 9.60. The van der Waals surface area contributed by atoms with Gasteiger partial charge in [-0.2, -0.15) is 0 Å². The molecule has 0 saturated carbocycles. The predicted octanol–water partition coefficient (Wildman–Crippen LogP) is 1.39. The van der Waals surface area contributed by atoms with Crippen LogP contribution in [0, 0.1) is 0 Å². The fraction of sp³-hybridized carbons (Fsp3) is 0.214. The highest BCUT2D eigenvalue weighted by atomic mass is 32.1.